The molecular formula is C11H13N5O. The summed E-state index contributed by atoms with van der Waals surface area (Å²) in [4.78, 5) is 12.3. The number of carbonyl (C=O) groups is 1. The Morgan fingerprint density at radius 1 is 1.35 bits per heavy atom. The maximum Gasteiger partial charge on any atom is 0.318 e. The van der Waals surface area contributed by atoms with Crippen molar-refractivity contribution in [2.75, 3.05) is 17.7 Å². The number of nitrogens with two attached hydrogens (primary N) is 2. The molecule has 17 heavy (non-hydrogen) atoms. The van der Waals surface area contributed by atoms with E-state index in [0.29, 0.717) is 5.82 Å². The summed E-state index contributed by atoms with van der Waals surface area (Å²) < 4.78 is 0. The van der Waals surface area contributed by atoms with Crippen LogP contribution in [0.25, 0.3) is 11.1 Å². The molecule has 0 aliphatic carbocycles. The van der Waals surface area contributed by atoms with Crippen molar-refractivity contribution < 1.29 is 4.79 Å². The number of amides is 2. The van der Waals surface area contributed by atoms with Crippen LogP contribution in [-0.2, 0) is 0 Å². The van der Waals surface area contributed by atoms with Gasteiger partial charge in [0, 0.05) is 18.3 Å². The number of hydrogen-bond donors (Lipinski definition) is 3. The summed E-state index contributed by atoms with van der Waals surface area (Å²) in [5.74, 6) is 0.515. The number of nitrogen functional groups attached to an aromatic ring is 1. The van der Waals surface area contributed by atoms with Gasteiger partial charge >= 0.3 is 6.03 Å². The van der Waals surface area contributed by atoms with E-state index >= 15 is 0 Å². The molecule has 0 spiro atoms. The highest BCUT2D eigenvalue weighted by molar-refractivity contribution is 5.90. The lowest BCUT2D eigenvalue weighted by molar-refractivity contribution is 0.255. The summed E-state index contributed by atoms with van der Waals surface area (Å²) in [6.45, 7) is 0. The first-order valence-electron chi connectivity index (χ1n) is 5.02. The Labute approximate surface area is 98.2 Å². The number of anilines is 2. The lowest BCUT2D eigenvalue weighted by Gasteiger charge is -2.14. The maximum absolute atomic E-state index is 11.0. The molecule has 0 saturated carbocycles. The van der Waals surface area contributed by atoms with Crippen LogP contribution < -0.4 is 16.4 Å². The zero-order valence-electron chi connectivity index (χ0n) is 9.34. The molecule has 5 N–H and O–H groups in total. The molecule has 1 aromatic heterocycles. The molecule has 6 heteroatoms. The van der Waals surface area contributed by atoms with Crippen molar-refractivity contribution in [1.29, 1.82) is 0 Å². The molecule has 0 radical (unpaired) electrons. The van der Waals surface area contributed by atoms with Crippen molar-refractivity contribution in [3.8, 4) is 11.1 Å². The standard InChI is InChI=1S/C11H13N5O/c1-16(11(13)17)8-4-2-7(3-5-8)9-6-14-15-10(9)12/h2-6H,1H3,(H2,13,17)(H3,12,14,15). The molecular weight excluding hydrogens is 218 g/mol. The molecule has 2 rings (SSSR count). The van der Waals surface area contributed by atoms with Gasteiger partial charge in [0.25, 0.3) is 0 Å². The van der Waals surface area contributed by atoms with Crippen LogP contribution in [0, 0.1) is 0 Å². The van der Waals surface area contributed by atoms with Crippen molar-refractivity contribution in [1.82, 2.24) is 10.2 Å². The van der Waals surface area contributed by atoms with Gasteiger partial charge in [-0.3, -0.25) is 10.00 Å². The van der Waals surface area contributed by atoms with Crippen molar-refractivity contribution in [2.45, 2.75) is 0 Å². The van der Waals surface area contributed by atoms with Gasteiger partial charge in [0.1, 0.15) is 5.82 Å². The van der Waals surface area contributed by atoms with Gasteiger partial charge in [0.2, 0.25) is 0 Å². The Hall–Kier alpha value is -2.50. The number of benzene rings is 1. The third kappa shape index (κ3) is 2.05. The average molecular weight is 231 g/mol. The number of rotatable bonds is 2. The minimum Gasteiger partial charge on any atom is -0.384 e. The fraction of sp³-hybridized carbons (Fsp3) is 0.0909. The van der Waals surface area contributed by atoms with E-state index in [0.717, 1.165) is 16.8 Å². The second-order valence-electron chi connectivity index (χ2n) is 3.64. The molecule has 2 aromatic rings. The van der Waals surface area contributed by atoms with Crippen molar-refractivity contribution >= 4 is 17.5 Å². The van der Waals surface area contributed by atoms with Gasteiger partial charge in [-0.1, -0.05) is 12.1 Å². The van der Waals surface area contributed by atoms with Gasteiger partial charge in [-0.05, 0) is 17.7 Å². The lowest BCUT2D eigenvalue weighted by Crippen LogP contribution is -2.31. The van der Waals surface area contributed by atoms with E-state index in [1.807, 2.05) is 12.1 Å². The SMILES string of the molecule is CN(C(N)=O)c1ccc(-c2cn[nH]c2N)cc1. The van der Waals surface area contributed by atoms with Gasteiger partial charge in [-0.25, -0.2) is 4.79 Å². The van der Waals surface area contributed by atoms with E-state index in [1.165, 1.54) is 4.90 Å². The van der Waals surface area contributed by atoms with Crippen molar-refractivity contribution in [2.24, 2.45) is 5.73 Å². The predicted octanol–water partition coefficient (Wildman–Crippen LogP) is 1.17. The van der Waals surface area contributed by atoms with E-state index < -0.39 is 6.03 Å². The Kier molecular flexibility index (Phi) is 2.70. The minimum atomic E-state index is -0.499. The number of aromatic nitrogens is 2. The Balaban J connectivity index is 2.31. The normalized spacial score (nSPS) is 10.2. The third-order valence-electron chi connectivity index (χ3n) is 2.57. The van der Waals surface area contributed by atoms with Crippen LogP contribution in [0.3, 0.4) is 0 Å². The van der Waals surface area contributed by atoms with Gasteiger partial charge < -0.3 is 11.5 Å². The Morgan fingerprint density at radius 3 is 2.47 bits per heavy atom. The fourth-order valence-electron chi connectivity index (χ4n) is 1.52. The van der Waals surface area contributed by atoms with Crippen LogP contribution in [0.4, 0.5) is 16.3 Å². The number of H-pyrrole nitrogens is 1. The van der Waals surface area contributed by atoms with E-state index in [9.17, 15) is 4.79 Å². The number of carbonyl (C=O) groups excluding carboxylic acids is 1. The molecule has 6 nitrogen and oxygen atoms in total. The summed E-state index contributed by atoms with van der Waals surface area (Å²) in [7, 11) is 1.61. The third-order valence-corrected chi connectivity index (χ3v) is 2.57. The van der Waals surface area contributed by atoms with Gasteiger partial charge in [0.05, 0.1) is 6.20 Å². The van der Waals surface area contributed by atoms with Crippen LogP contribution in [-0.4, -0.2) is 23.3 Å². The highest BCUT2D eigenvalue weighted by Gasteiger charge is 2.08. The summed E-state index contributed by atoms with van der Waals surface area (Å²) in [6.07, 6.45) is 1.65. The summed E-state index contributed by atoms with van der Waals surface area (Å²) in [5, 5.41) is 6.52. The van der Waals surface area contributed by atoms with Gasteiger partial charge in [-0.2, -0.15) is 5.10 Å². The van der Waals surface area contributed by atoms with Crippen LogP contribution in [0.15, 0.2) is 30.5 Å². The predicted molar refractivity (Wildman–Crippen MR) is 66.4 cm³/mol. The first-order valence-corrected chi connectivity index (χ1v) is 5.02. The lowest BCUT2D eigenvalue weighted by atomic mass is 10.1. The summed E-state index contributed by atoms with van der Waals surface area (Å²) in [6, 6.07) is 6.81. The zero-order chi connectivity index (χ0) is 12.4. The molecule has 0 unspecified atom stereocenters. The molecule has 1 heterocycles. The zero-order valence-corrected chi connectivity index (χ0v) is 9.34. The number of hydrogen-bond acceptors (Lipinski definition) is 3. The quantitative estimate of drug-likeness (QED) is 0.723. The summed E-state index contributed by atoms with van der Waals surface area (Å²) >= 11 is 0. The average Bonchev–Trinajstić information content (AvgIpc) is 2.74. The number of urea groups is 1. The molecule has 0 aliphatic heterocycles. The number of primary amides is 1. The van der Waals surface area contributed by atoms with Gasteiger partial charge in [-0.15, -0.1) is 0 Å². The molecule has 88 valence electrons. The first kappa shape index (κ1) is 11.0. The first-order chi connectivity index (χ1) is 8.09. The monoisotopic (exact) mass is 231 g/mol. The summed E-state index contributed by atoms with van der Waals surface area (Å²) in [5.41, 5.74) is 13.4. The van der Waals surface area contributed by atoms with Crippen molar-refractivity contribution in [3.05, 3.63) is 30.5 Å². The van der Waals surface area contributed by atoms with E-state index in [-0.39, 0.29) is 0 Å². The van der Waals surface area contributed by atoms with E-state index in [2.05, 4.69) is 10.2 Å². The van der Waals surface area contributed by atoms with Gasteiger partial charge in [0.15, 0.2) is 0 Å². The Morgan fingerprint density at radius 2 is 2.00 bits per heavy atom. The molecule has 0 saturated heterocycles. The molecule has 0 bridgehead atoms. The molecule has 0 fully saturated rings. The second kappa shape index (κ2) is 4.17. The molecule has 1 aromatic carbocycles. The van der Waals surface area contributed by atoms with E-state index in [1.54, 1.807) is 25.4 Å². The minimum absolute atomic E-state index is 0.499. The second-order valence-corrected chi connectivity index (χ2v) is 3.64. The molecule has 0 atom stereocenters. The highest BCUT2D eigenvalue weighted by atomic mass is 16.2. The van der Waals surface area contributed by atoms with Crippen LogP contribution in [0.2, 0.25) is 0 Å². The number of nitrogens with zero attached hydrogens (tertiary/aromatic N) is 2. The van der Waals surface area contributed by atoms with Crippen molar-refractivity contribution in [3.63, 3.8) is 0 Å². The smallest absolute Gasteiger partial charge is 0.318 e. The van der Waals surface area contributed by atoms with E-state index in [4.69, 9.17) is 11.5 Å². The largest absolute Gasteiger partial charge is 0.384 e. The Bertz CT molecular complexity index is 531. The van der Waals surface area contributed by atoms with Crippen LogP contribution >= 0.6 is 0 Å². The molecule has 0 aliphatic rings. The van der Waals surface area contributed by atoms with Crippen LogP contribution in [0.1, 0.15) is 0 Å². The fourth-order valence-corrected chi connectivity index (χ4v) is 1.52. The maximum atomic E-state index is 11.0. The highest BCUT2D eigenvalue weighted by Crippen LogP contribution is 2.25. The molecule has 2 amide bonds. The number of aromatic amines is 1. The topological polar surface area (TPSA) is 101 Å². The van der Waals surface area contributed by atoms with Crippen LogP contribution in [0.5, 0.6) is 0 Å². The number of nitrogens with one attached hydrogen (secondary N) is 1.